The van der Waals surface area contributed by atoms with E-state index in [1.165, 1.54) is 55.9 Å². The maximum Gasteiger partial charge on any atom is 2.00 e. The average Bonchev–Trinajstić information content (AvgIpc) is 3.52. The summed E-state index contributed by atoms with van der Waals surface area (Å²) in [6.45, 7) is 27.0. The zero-order valence-corrected chi connectivity index (χ0v) is 30.7. The molecule has 2 fully saturated rings. The number of nitrogens with zero attached hydrogens (tertiary/aromatic N) is 2. The molecule has 0 saturated carbocycles. The standard InChI is InChI=1S/C21H26N2.C20H24BO2.Cu/c1-14-9-16(3)20(17(4)10-14)22-7-8-23(13-22)21-18(5)11-15(2)12-19(21)6;1-19(2)20(3,4)23-21(22-19)18(17-13-9-6-10-14-17)15-16-11-7-5-8-12-16;/h9-12H,7-8H2,1-6H3;5-15,18H,1-4H3;/q2*-1;+2/t;18-;/m.0./s1. The molecule has 0 N–H and O–H groups in total. The van der Waals surface area contributed by atoms with Gasteiger partial charge in [-0.1, -0.05) is 77.4 Å². The Kier molecular flexibility index (Phi) is 11.7. The Morgan fingerprint density at radius 2 is 1.02 bits per heavy atom. The van der Waals surface area contributed by atoms with Crippen molar-refractivity contribution in [2.45, 2.75) is 86.3 Å². The largest absolute Gasteiger partial charge is 2.00 e. The molecule has 0 aliphatic carbocycles. The summed E-state index contributed by atoms with van der Waals surface area (Å²) in [7, 11) is -0.289. The SMILES string of the molecule is CC1(C)OB([C@@H]([CH-]c2ccccc2)c2ccccc2)OC1(C)C.Cc1cc(C)c(N2[C-]N(c3c(C)cc(C)cc3C)CC2)c(C)c1.[Cu+2]. The molecule has 2 saturated heterocycles. The molecule has 250 valence electrons. The maximum atomic E-state index is 6.30. The van der Waals surface area contributed by atoms with Crippen LogP contribution in [-0.4, -0.2) is 31.4 Å². The minimum absolute atomic E-state index is 0. The molecule has 6 heteroatoms. The number of benzene rings is 4. The van der Waals surface area contributed by atoms with E-state index in [1.807, 2.05) is 12.1 Å². The van der Waals surface area contributed by atoms with Crippen molar-refractivity contribution in [2.75, 3.05) is 22.9 Å². The van der Waals surface area contributed by atoms with E-state index in [-0.39, 0.29) is 41.2 Å². The van der Waals surface area contributed by atoms with E-state index in [0.717, 1.165) is 13.1 Å². The predicted molar refractivity (Wildman–Crippen MR) is 194 cm³/mol. The van der Waals surface area contributed by atoms with E-state index < -0.39 is 0 Å². The van der Waals surface area contributed by atoms with Crippen LogP contribution in [0.5, 0.6) is 0 Å². The first kappa shape index (κ1) is 36.7. The third-order valence-electron chi connectivity index (χ3n) is 9.52. The summed E-state index contributed by atoms with van der Waals surface area (Å²) in [6.07, 6.45) is 2.23. The Labute approximate surface area is 295 Å². The molecule has 4 aromatic carbocycles. The van der Waals surface area contributed by atoms with Crippen LogP contribution in [0.15, 0.2) is 84.9 Å². The number of anilines is 2. The van der Waals surface area contributed by atoms with E-state index in [2.05, 4.69) is 165 Å². The van der Waals surface area contributed by atoms with Crippen LogP contribution in [0.1, 0.15) is 78.0 Å². The summed E-state index contributed by atoms with van der Waals surface area (Å²) < 4.78 is 12.6. The second-order valence-corrected chi connectivity index (χ2v) is 14.0. The van der Waals surface area contributed by atoms with Gasteiger partial charge in [0.15, 0.2) is 0 Å². The quantitative estimate of drug-likeness (QED) is 0.150. The van der Waals surface area contributed by atoms with Crippen molar-refractivity contribution in [3.05, 3.63) is 143 Å². The van der Waals surface area contributed by atoms with Crippen LogP contribution < -0.4 is 9.80 Å². The Morgan fingerprint density at radius 3 is 1.43 bits per heavy atom. The minimum atomic E-state index is -0.324. The number of hydrogen-bond acceptors (Lipinski definition) is 4. The fourth-order valence-electron chi connectivity index (χ4n) is 6.78. The molecular weight excluding hydrogens is 627 g/mol. The molecule has 4 nitrogen and oxygen atoms in total. The fraction of sp³-hybridized carbons (Fsp3) is 0.366. The topological polar surface area (TPSA) is 24.9 Å². The molecule has 0 spiro atoms. The maximum absolute atomic E-state index is 6.30. The minimum Gasteiger partial charge on any atom is -0.526 e. The normalized spacial score (nSPS) is 17.1. The summed E-state index contributed by atoms with van der Waals surface area (Å²) >= 11 is 0. The van der Waals surface area contributed by atoms with Gasteiger partial charge < -0.3 is 19.1 Å². The van der Waals surface area contributed by atoms with E-state index in [9.17, 15) is 0 Å². The molecule has 0 amide bonds. The van der Waals surface area contributed by atoms with Crippen molar-refractivity contribution < 1.29 is 26.4 Å². The fourth-order valence-corrected chi connectivity index (χ4v) is 6.78. The first-order chi connectivity index (χ1) is 21.8. The Hall–Kier alpha value is -3.15. The number of aryl methyl sites for hydroxylation is 6. The van der Waals surface area contributed by atoms with Crippen LogP contribution in [0.25, 0.3) is 0 Å². The van der Waals surface area contributed by atoms with Crippen molar-refractivity contribution in [1.29, 1.82) is 0 Å². The van der Waals surface area contributed by atoms with Crippen molar-refractivity contribution in [1.82, 2.24) is 0 Å². The van der Waals surface area contributed by atoms with Gasteiger partial charge in [-0.25, -0.2) is 0 Å². The molecule has 0 aromatic heterocycles. The van der Waals surface area contributed by atoms with Gasteiger partial charge in [0.2, 0.25) is 0 Å². The first-order valence-electron chi connectivity index (χ1n) is 16.5. The van der Waals surface area contributed by atoms with Gasteiger partial charge in [-0.05, 0) is 97.3 Å². The van der Waals surface area contributed by atoms with Gasteiger partial charge in [-0.3, -0.25) is 6.67 Å². The molecule has 2 aliphatic heterocycles. The van der Waals surface area contributed by atoms with Gasteiger partial charge >= 0.3 is 24.2 Å². The van der Waals surface area contributed by atoms with Gasteiger partial charge in [0.25, 0.3) is 0 Å². The zero-order valence-electron chi connectivity index (χ0n) is 29.7. The number of rotatable bonds is 6. The van der Waals surface area contributed by atoms with Crippen LogP contribution in [0, 0.1) is 54.6 Å². The van der Waals surface area contributed by atoms with Crippen LogP contribution in [0.2, 0.25) is 0 Å². The third kappa shape index (κ3) is 8.30. The van der Waals surface area contributed by atoms with E-state index >= 15 is 0 Å². The van der Waals surface area contributed by atoms with Crippen molar-refractivity contribution in [3.63, 3.8) is 0 Å². The summed E-state index contributed by atoms with van der Waals surface area (Å²) in [5, 5.41) is 0. The average molecular weight is 677 g/mol. The summed E-state index contributed by atoms with van der Waals surface area (Å²) in [6, 6.07) is 29.8. The van der Waals surface area contributed by atoms with Gasteiger partial charge in [-0.15, -0.1) is 12.1 Å². The molecule has 4 aromatic rings. The summed E-state index contributed by atoms with van der Waals surface area (Å²) in [4.78, 5) is 4.56. The molecular formula is C41H50BCuN2O2. The van der Waals surface area contributed by atoms with Crippen molar-refractivity contribution >= 4 is 18.5 Å². The van der Waals surface area contributed by atoms with Gasteiger partial charge in [-0.2, -0.15) is 24.1 Å². The molecule has 2 aliphatic rings. The van der Waals surface area contributed by atoms with Crippen LogP contribution in [-0.2, 0) is 26.4 Å². The van der Waals surface area contributed by atoms with E-state index in [0.29, 0.717) is 0 Å². The third-order valence-corrected chi connectivity index (χ3v) is 9.52. The Bertz CT molecular complexity index is 1510. The zero-order chi connectivity index (χ0) is 33.2. The smallest absolute Gasteiger partial charge is 0.526 e. The van der Waals surface area contributed by atoms with Crippen LogP contribution in [0.4, 0.5) is 11.4 Å². The Balaban J connectivity index is 0.000000208. The molecule has 6 rings (SSSR count). The Morgan fingerprint density at radius 1 is 0.638 bits per heavy atom. The molecule has 0 bridgehead atoms. The van der Waals surface area contributed by atoms with E-state index in [4.69, 9.17) is 9.31 Å². The molecule has 47 heavy (non-hydrogen) atoms. The van der Waals surface area contributed by atoms with Gasteiger partial charge in [0.1, 0.15) is 0 Å². The van der Waals surface area contributed by atoms with Crippen LogP contribution >= 0.6 is 0 Å². The van der Waals surface area contributed by atoms with Crippen LogP contribution in [0.3, 0.4) is 0 Å². The van der Waals surface area contributed by atoms with Crippen molar-refractivity contribution in [3.8, 4) is 0 Å². The molecule has 2 heterocycles. The monoisotopic (exact) mass is 676 g/mol. The molecule has 0 unspecified atom stereocenters. The number of hydrogen-bond donors (Lipinski definition) is 0. The van der Waals surface area contributed by atoms with Crippen molar-refractivity contribution in [2.24, 2.45) is 0 Å². The van der Waals surface area contributed by atoms with E-state index in [1.54, 1.807) is 0 Å². The summed E-state index contributed by atoms with van der Waals surface area (Å²) in [5.74, 6) is 0.0552. The molecule has 1 atom stereocenters. The second kappa shape index (κ2) is 15.0. The molecule has 2 radical (unpaired) electrons. The van der Waals surface area contributed by atoms with Gasteiger partial charge in [0.05, 0.1) is 11.2 Å². The first-order valence-corrected chi connectivity index (χ1v) is 16.5. The summed E-state index contributed by atoms with van der Waals surface area (Å²) in [5.41, 5.74) is 12.3. The second-order valence-electron chi connectivity index (χ2n) is 14.0. The predicted octanol–water partition coefficient (Wildman–Crippen LogP) is 9.51. The van der Waals surface area contributed by atoms with Gasteiger partial charge in [0, 0.05) is 24.5 Å².